The lowest BCUT2D eigenvalue weighted by molar-refractivity contribution is -0.385. The van der Waals surface area contributed by atoms with Crippen molar-refractivity contribution in [1.29, 1.82) is 0 Å². The SMILES string of the molecule is Cc1c(CSC[C@@H](N)C(=O)O)cccc1[N+](=O)[O-]. The average molecular weight is 270 g/mol. The number of thioether (sulfide) groups is 1. The number of benzene rings is 1. The summed E-state index contributed by atoms with van der Waals surface area (Å²) >= 11 is 1.35. The average Bonchev–Trinajstić information content (AvgIpc) is 2.30. The van der Waals surface area contributed by atoms with Crippen LogP contribution in [-0.2, 0) is 10.5 Å². The summed E-state index contributed by atoms with van der Waals surface area (Å²) in [5.74, 6) is -0.260. The normalized spacial score (nSPS) is 12.1. The molecule has 1 aromatic rings. The van der Waals surface area contributed by atoms with Crippen molar-refractivity contribution < 1.29 is 14.8 Å². The highest BCUT2D eigenvalue weighted by atomic mass is 32.2. The molecule has 0 spiro atoms. The monoisotopic (exact) mass is 270 g/mol. The lowest BCUT2D eigenvalue weighted by Gasteiger charge is -2.08. The number of aliphatic carboxylic acids is 1. The molecule has 0 aliphatic heterocycles. The van der Waals surface area contributed by atoms with Gasteiger partial charge in [-0.15, -0.1) is 0 Å². The van der Waals surface area contributed by atoms with Crippen LogP contribution in [0, 0.1) is 17.0 Å². The summed E-state index contributed by atoms with van der Waals surface area (Å²) in [5.41, 5.74) is 6.88. The van der Waals surface area contributed by atoms with Crippen molar-refractivity contribution in [2.45, 2.75) is 18.7 Å². The number of nitro benzene ring substituents is 1. The minimum Gasteiger partial charge on any atom is -0.480 e. The molecular formula is C11H14N2O4S. The molecule has 0 saturated heterocycles. The van der Waals surface area contributed by atoms with Crippen LogP contribution in [0.1, 0.15) is 11.1 Å². The van der Waals surface area contributed by atoms with Crippen molar-refractivity contribution in [3.05, 3.63) is 39.4 Å². The van der Waals surface area contributed by atoms with Crippen molar-refractivity contribution in [2.24, 2.45) is 5.73 Å². The lowest BCUT2D eigenvalue weighted by atomic mass is 10.1. The smallest absolute Gasteiger partial charge is 0.321 e. The Bertz CT molecular complexity index is 464. The van der Waals surface area contributed by atoms with E-state index < -0.39 is 16.9 Å². The fraction of sp³-hybridized carbons (Fsp3) is 0.364. The highest BCUT2D eigenvalue weighted by Gasteiger charge is 2.14. The van der Waals surface area contributed by atoms with Crippen LogP contribution in [0.25, 0.3) is 0 Å². The van der Waals surface area contributed by atoms with E-state index in [1.54, 1.807) is 19.1 Å². The molecule has 1 aromatic carbocycles. The Morgan fingerprint density at radius 1 is 1.61 bits per heavy atom. The van der Waals surface area contributed by atoms with E-state index in [1.165, 1.54) is 17.8 Å². The molecule has 7 heteroatoms. The zero-order valence-corrected chi connectivity index (χ0v) is 10.6. The first-order valence-electron chi connectivity index (χ1n) is 5.22. The molecule has 0 aliphatic rings. The molecule has 0 aliphatic carbocycles. The molecule has 0 radical (unpaired) electrons. The summed E-state index contributed by atoms with van der Waals surface area (Å²) < 4.78 is 0. The van der Waals surface area contributed by atoms with Gasteiger partial charge in [0.1, 0.15) is 6.04 Å². The Hall–Kier alpha value is -1.60. The van der Waals surface area contributed by atoms with Crippen LogP contribution >= 0.6 is 11.8 Å². The van der Waals surface area contributed by atoms with Crippen LogP contribution in [0.15, 0.2) is 18.2 Å². The minimum atomic E-state index is -1.04. The molecular weight excluding hydrogens is 256 g/mol. The molecule has 0 aromatic heterocycles. The summed E-state index contributed by atoms with van der Waals surface area (Å²) in [6.07, 6.45) is 0. The number of nitrogens with two attached hydrogens (primary N) is 1. The summed E-state index contributed by atoms with van der Waals surface area (Å²) in [4.78, 5) is 20.8. The molecule has 0 saturated carbocycles. The number of carboxylic acids is 1. The highest BCUT2D eigenvalue weighted by molar-refractivity contribution is 7.98. The van der Waals surface area contributed by atoms with Gasteiger partial charge < -0.3 is 10.8 Å². The van der Waals surface area contributed by atoms with Crippen LogP contribution in [-0.4, -0.2) is 27.8 Å². The van der Waals surface area contributed by atoms with Gasteiger partial charge in [-0.2, -0.15) is 11.8 Å². The fourth-order valence-corrected chi connectivity index (χ4v) is 2.44. The standard InChI is InChI=1S/C11H14N2O4S/c1-7-8(3-2-4-10(7)13(16)17)5-18-6-9(12)11(14)15/h2-4,9H,5-6,12H2,1H3,(H,14,15)/t9-/m1/s1. The molecule has 3 N–H and O–H groups in total. The van der Waals surface area contributed by atoms with E-state index in [1.807, 2.05) is 0 Å². The Morgan fingerprint density at radius 2 is 2.28 bits per heavy atom. The van der Waals surface area contributed by atoms with Crippen LogP contribution < -0.4 is 5.73 Å². The van der Waals surface area contributed by atoms with Crippen molar-refractivity contribution in [1.82, 2.24) is 0 Å². The molecule has 0 fully saturated rings. The second kappa shape index (κ2) is 6.36. The van der Waals surface area contributed by atoms with Crippen molar-refractivity contribution in [3.8, 4) is 0 Å². The largest absolute Gasteiger partial charge is 0.480 e. The van der Waals surface area contributed by atoms with Gasteiger partial charge in [-0.05, 0) is 12.5 Å². The quantitative estimate of drug-likeness (QED) is 0.600. The van der Waals surface area contributed by atoms with Gasteiger partial charge in [-0.1, -0.05) is 12.1 Å². The van der Waals surface area contributed by atoms with Gasteiger partial charge in [0, 0.05) is 23.1 Å². The molecule has 6 nitrogen and oxygen atoms in total. The second-order valence-corrected chi connectivity index (χ2v) is 4.81. The van der Waals surface area contributed by atoms with Gasteiger partial charge in [-0.25, -0.2) is 0 Å². The second-order valence-electron chi connectivity index (χ2n) is 3.78. The number of nitro groups is 1. The third-order valence-corrected chi connectivity index (χ3v) is 3.60. The molecule has 1 rings (SSSR count). The summed E-state index contributed by atoms with van der Waals surface area (Å²) in [6.45, 7) is 1.69. The zero-order chi connectivity index (χ0) is 13.7. The highest BCUT2D eigenvalue weighted by Crippen LogP contribution is 2.24. The summed E-state index contributed by atoms with van der Waals surface area (Å²) in [7, 11) is 0. The van der Waals surface area contributed by atoms with Crippen LogP contribution in [0.5, 0.6) is 0 Å². The van der Waals surface area contributed by atoms with Crippen LogP contribution in [0.3, 0.4) is 0 Å². The Kier molecular flexibility index (Phi) is 5.11. The van der Waals surface area contributed by atoms with E-state index in [0.29, 0.717) is 11.3 Å². The number of hydrogen-bond acceptors (Lipinski definition) is 5. The summed E-state index contributed by atoms with van der Waals surface area (Å²) in [5, 5.41) is 19.4. The van der Waals surface area contributed by atoms with E-state index in [4.69, 9.17) is 10.8 Å². The molecule has 18 heavy (non-hydrogen) atoms. The Labute approximate surface area is 108 Å². The maximum atomic E-state index is 10.7. The predicted octanol–water partition coefficient (Wildman–Crippen LogP) is 1.55. The first-order valence-corrected chi connectivity index (χ1v) is 6.38. The number of rotatable bonds is 6. The number of hydrogen-bond donors (Lipinski definition) is 2. The van der Waals surface area contributed by atoms with Gasteiger partial charge in [0.2, 0.25) is 0 Å². The van der Waals surface area contributed by atoms with Crippen molar-refractivity contribution in [2.75, 3.05) is 5.75 Å². The van der Waals surface area contributed by atoms with E-state index in [0.717, 1.165) is 5.56 Å². The molecule has 0 heterocycles. The third-order valence-electron chi connectivity index (χ3n) is 2.49. The van der Waals surface area contributed by atoms with E-state index in [9.17, 15) is 14.9 Å². The van der Waals surface area contributed by atoms with Crippen LogP contribution in [0.2, 0.25) is 0 Å². The molecule has 0 unspecified atom stereocenters. The van der Waals surface area contributed by atoms with E-state index in [-0.39, 0.29) is 11.4 Å². The maximum Gasteiger partial charge on any atom is 0.321 e. The molecule has 0 bridgehead atoms. The third kappa shape index (κ3) is 3.71. The minimum absolute atomic E-state index is 0.0793. The van der Waals surface area contributed by atoms with Gasteiger partial charge >= 0.3 is 5.97 Å². The van der Waals surface area contributed by atoms with Gasteiger partial charge in [-0.3, -0.25) is 14.9 Å². The number of carboxylic acid groups (broad SMARTS) is 1. The number of nitrogens with zero attached hydrogens (tertiary/aromatic N) is 1. The first kappa shape index (κ1) is 14.5. The van der Waals surface area contributed by atoms with E-state index in [2.05, 4.69) is 0 Å². The summed E-state index contributed by atoms with van der Waals surface area (Å²) in [6, 6.07) is 3.96. The maximum absolute atomic E-state index is 10.7. The van der Waals surface area contributed by atoms with Crippen LogP contribution in [0.4, 0.5) is 5.69 Å². The Morgan fingerprint density at radius 3 is 2.83 bits per heavy atom. The Balaban J connectivity index is 2.66. The van der Waals surface area contributed by atoms with Crippen molar-refractivity contribution in [3.63, 3.8) is 0 Å². The fourth-order valence-electron chi connectivity index (χ4n) is 1.39. The molecule has 0 amide bonds. The first-order chi connectivity index (χ1) is 8.43. The van der Waals surface area contributed by atoms with Crippen molar-refractivity contribution >= 4 is 23.4 Å². The van der Waals surface area contributed by atoms with Gasteiger partial charge in [0.05, 0.1) is 4.92 Å². The van der Waals surface area contributed by atoms with Gasteiger partial charge in [0.25, 0.3) is 5.69 Å². The predicted molar refractivity (Wildman–Crippen MR) is 69.6 cm³/mol. The topological polar surface area (TPSA) is 106 Å². The van der Waals surface area contributed by atoms with Gasteiger partial charge in [0.15, 0.2) is 0 Å². The molecule has 98 valence electrons. The molecule has 1 atom stereocenters. The lowest BCUT2D eigenvalue weighted by Crippen LogP contribution is -2.32. The number of carbonyl (C=O) groups is 1. The zero-order valence-electron chi connectivity index (χ0n) is 9.83. The van der Waals surface area contributed by atoms with E-state index >= 15 is 0 Å².